The molecule has 1 aromatic carbocycles. The first kappa shape index (κ1) is 13.6. The quantitative estimate of drug-likeness (QED) is 0.808. The first-order valence-electron chi connectivity index (χ1n) is 6.55. The van der Waals surface area contributed by atoms with E-state index >= 15 is 0 Å². The van der Waals surface area contributed by atoms with Crippen molar-refractivity contribution in [2.45, 2.75) is 33.1 Å². The van der Waals surface area contributed by atoms with Gasteiger partial charge >= 0.3 is 0 Å². The molecule has 0 radical (unpaired) electrons. The van der Waals surface area contributed by atoms with Gasteiger partial charge in [0.25, 0.3) is 0 Å². The van der Waals surface area contributed by atoms with E-state index in [1.165, 1.54) is 17.7 Å². The van der Waals surface area contributed by atoms with Gasteiger partial charge in [-0.1, -0.05) is 0 Å². The van der Waals surface area contributed by atoms with Crippen LogP contribution in [0.2, 0.25) is 0 Å². The number of aryl methyl sites for hydroxylation is 2. The van der Waals surface area contributed by atoms with Gasteiger partial charge < -0.3 is 4.74 Å². The van der Waals surface area contributed by atoms with Gasteiger partial charge in [-0.2, -0.15) is 5.10 Å². The predicted molar refractivity (Wildman–Crippen MR) is 72.9 cm³/mol. The zero-order chi connectivity index (χ0) is 13.7. The van der Waals surface area contributed by atoms with E-state index in [0.29, 0.717) is 6.61 Å². The number of aromatic nitrogens is 2. The van der Waals surface area contributed by atoms with Crippen LogP contribution in [0.3, 0.4) is 0 Å². The third-order valence-corrected chi connectivity index (χ3v) is 3.18. The summed E-state index contributed by atoms with van der Waals surface area (Å²) in [7, 11) is 0. The highest BCUT2D eigenvalue weighted by molar-refractivity contribution is 5.23. The molecule has 0 aliphatic carbocycles. The number of H-pyrrole nitrogens is 1. The largest absolute Gasteiger partial charge is 0.494 e. The fourth-order valence-corrected chi connectivity index (χ4v) is 2.07. The molecule has 0 unspecified atom stereocenters. The van der Waals surface area contributed by atoms with Crippen molar-refractivity contribution in [2.75, 3.05) is 6.61 Å². The van der Waals surface area contributed by atoms with Crippen molar-refractivity contribution < 1.29 is 9.13 Å². The molecule has 3 nitrogen and oxygen atoms in total. The van der Waals surface area contributed by atoms with Crippen LogP contribution in [0.5, 0.6) is 5.75 Å². The Bertz CT molecular complexity index is 500. The van der Waals surface area contributed by atoms with Crippen LogP contribution in [0.1, 0.15) is 29.8 Å². The van der Waals surface area contributed by atoms with E-state index in [4.69, 9.17) is 4.74 Å². The molecule has 19 heavy (non-hydrogen) atoms. The normalized spacial score (nSPS) is 10.7. The zero-order valence-electron chi connectivity index (χ0n) is 11.4. The molecular weight excluding hydrogens is 243 g/mol. The Morgan fingerprint density at radius 1 is 1.16 bits per heavy atom. The summed E-state index contributed by atoms with van der Waals surface area (Å²) in [4.78, 5) is 0. The van der Waals surface area contributed by atoms with Crippen molar-refractivity contribution in [3.8, 4) is 5.75 Å². The van der Waals surface area contributed by atoms with E-state index in [1.54, 1.807) is 12.1 Å². The van der Waals surface area contributed by atoms with E-state index in [1.807, 2.05) is 13.8 Å². The number of nitrogens with one attached hydrogen (secondary N) is 1. The van der Waals surface area contributed by atoms with Crippen LogP contribution in [0, 0.1) is 19.7 Å². The van der Waals surface area contributed by atoms with Crippen molar-refractivity contribution in [1.29, 1.82) is 0 Å². The lowest BCUT2D eigenvalue weighted by Gasteiger charge is -2.06. The van der Waals surface area contributed by atoms with Gasteiger partial charge in [0.2, 0.25) is 0 Å². The first-order valence-corrected chi connectivity index (χ1v) is 6.55. The molecule has 1 aromatic heterocycles. The Kier molecular flexibility index (Phi) is 4.55. The number of unbranched alkanes of at least 4 members (excludes halogenated alkanes) is 1. The monoisotopic (exact) mass is 262 g/mol. The van der Waals surface area contributed by atoms with Gasteiger partial charge in [-0.25, -0.2) is 4.39 Å². The molecule has 4 heteroatoms. The van der Waals surface area contributed by atoms with E-state index < -0.39 is 0 Å². The Morgan fingerprint density at radius 3 is 2.53 bits per heavy atom. The van der Waals surface area contributed by atoms with Crippen molar-refractivity contribution in [3.05, 3.63) is 47.0 Å². The lowest BCUT2D eigenvalue weighted by molar-refractivity contribution is 0.306. The summed E-state index contributed by atoms with van der Waals surface area (Å²) in [6, 6.07) is 6.13. The fourth-order valence-electron chi connectivity index (χ4n) is 2.07. The smallest absolute Gasteiger partial charge is 0.123 e. The molecule has 2 rings (SSSR count). The molecule has 0 saturated heterocycles. The topological polar surface area (TPSA) is 37.9 Å². The number of ether oxygens (including phenoxy) is 1. The molecule has 0 fully saturated rings. The van der Waals surface area contributed by atoms with Crippen LogP contribution >= 0.6 is 0 Å². The molecule has 0 amide bonds. The van der Waals surface area contributed by atoms with Crippen LogP contribution in [0.25, 0.3) is 0 Å². The third-order valence-electron chi connectivity index (χ3n) is 3.18. The minimum absolute atomic E-state index is 0.238. The molecule has 0 bridgehead atoms. The number of nitrogens with zero attached hydrogens (tertiary/aromatic N) is 1. The van der Waals surface area contributed by atoms with Crippen molar-refractivity contribution >= 4 is 0 Å². The van der Waals surface area contributed by atoms with Crippen LogP contribution in [-0.2, 0) is 6.42 Å². The molecule has 0 aliphatic heterocycles. The molecule has 1 heterocycles. The Labute approximate surface area is 112 Å². The maximum atomic E-state index is 12.7. The predicted octanol–water partition coefficient (Wildman–Crippen LogP) is 3.57. The zero-order valence-corrected chi connectivity index (χ0v) is 11.4. The van der Waals surface area contributed by atoms with Gasteiger partial charge in [0.15, 0.2) is 0 Å². The van der Waals surface area contributed by atoms with Gasteiger partial charge in [0.05, 0.1) is 12.3 Å². The summed E-state index contributed by atoms with van der Waals surface area (Å²) in [6.07, 6.45) is 3.05. The Balaban J connectivity index is 1.69. The van der Waals surface area contributed by atoms with Crippen LogP contribution in [0.4, 0.5) is 4.39 Å². The summed E-state index contributed by atoms with van der Waals surface area (Å²) in [6.45, 7) is 4.72. The second-order valence-corrected chi connectivity index (χ2v) is 4.67. The van der Waals surface area contributed by atoms with Gasteiger partial charge in [0.1, 0.15) is 11.6 Å². The minimum Gasteiger partial charge on any atom is -0.494 e. The first-order chi connectivity index (χ1) is 9.16. The van der Waals surface area contributed by atoms with Crippen molar-refractivity contribution in [2.24, 2.45) is 0 Å². The van der Waals surface area contributed by atoms with Gasteiger partial charge in [-0.3, -0.25) is 5.10 Å². The summed E-state index contributed by atoms with van der Waals surface area (Å²) >= 11 is 0. The van der Waals surface area contributed by atoms with Crippen LogP contribution < -0.4 is 4.74 Å². The molecule has 0 atom stereocenters. The van der Waals surface area contributed by atoms with E-state index in [2.05, 4.69) is 10.2 Å². The van der Waals surface area contributed by atoms with Crippen LogP contribution in [0.15, 0.2) is 24.3 Å². The van der Waals surface area contributed by atoms with Gasteiger partial charge in [-0.15, -0.1) is 0 Å². The lowest BCUT2D eigenvalue weighted by atomic mass is 10.1. The molecule has 1 N–H and O–H groups in total. The number of benzene rings is 1. The van der Waals surface area contributed by atoms with Gasteiger partial charge in [0, 0.05) is 5.69 Å². The van der Waals surface area contributed by atoms with E-state index in [0.717, 1.165) is 36.4 Å². The third kappa shape index (κ3) is 3.81. The molecule has 102 valence electrons. The van der Waals surface area contributed by atoms with E-state index in [-0.39, 0.29) is 5.82 Å². The molecule has 0 aliphatic rings. The summed E-state index contributed by atoms with van der Waals surface area (Å²) in [5.41, 5.74) is 3.54. The SMILES string of the molecule is Cc1n[nH]c(C)c1CCCCOc1ccc(F)cc1. The number of rotatable bonds is 6. The summed E-state index contributed by atoms with van der Waals surface area (Å²) in [5.74, 6) is 0.482. The van der Waals surface area contributed by atoms with Crippen molar-refractivity contribution in [1.82, 2.24) is 10.2 Å². The number of hydrogen-bond donors (Lipinski definition) is 1. The Hall–Kier alpha value is -1.84. The average Bonchev–Trinajstić information content (AvgIpc) is 2.72. The molecular formula is C15H19FN2O. The highest BCUT2D eigenvalue weighted by atomic mass is 19.1. The second-order valence-electron chi connectivity index (χ2n) is 4.67. The Morgan fingerprint density at radius 2 is 1.89 bits per heavy atom. The van der Waals surface area contributed by atoms with Crippen molar-refractivity contribution in [3.63, 3.8) is 0 Å². The van der Waals surface area contributed by atoms with Crippen LogP contribution in [-0.4, -0.2) is 16.8 Å². The fraction of sp³-hybridized carbons (Fsp3) is 0.400. The summed E-state index contributed by atoms with van der Waals surface area (Å²) in [5, 5.41) is 7.17. The molecule has 0 spiro atoms. The molecule has 2 aromatic rings. The highest BCUT2D eigenvalue weighted by Crippen LogP contribution is 2.14. The number of hydrogen-bond acceptors (Lipinski definition) is 2. The lowest BCUT2D eigenvalue weighted by Crippen LogP contribution is -1.99. The summed E-state index contributed by atoms with van der Waals surface area (Å²) < 4.78 is 18.2. The second kappa shape index (κ2) is 6.36. The standard InChI is InChI=1S/C15H19FN2O/c1-11-15(12(2)18-17-11)5-3-4-10-19-14-8-6-13(16)7-9-14/h6-9H,3-5,10H2,1-2H3,(H,17,18). The molecule has 0 saturated carbocycles. The average molecular weight is 262 g/mol. The highest BCUT2D eigenvalue weighted by Gasteiger charge is 2.05. The van der Waals surface area contributed by atoms with E-state index in [9.17, 15) is 4.39 Å². The maximum Gasteiger partial charge on any atom is 0.123 e. The minimum atomic E-state index is -0.238. The number of aromatic amines is 1. The number of halogens is 1. The maximum absolute atomic E-state index is 12.7. The van der Waals surface area contributed by atoms with Gasteiger partial charge in [-0.05, 0) is 62.9 Å².